The van der Waals surface area contributed by atoms with Gasteiger partial charge in [0, 0.05) is 11.8 Å². The highest BCUT2D eigenvalue weighted by atomic mass is 32.2. The van der Waals surface area contributed by atoms with Crippen LogP contribution in [-0.2, 0) is 14.7 Å². The lowest BCUT2D eigenvalue weighted by molar-refractivity contribution is -0.0893. The maximum atomic E-state index is 12.9. The van der Waals surface area contributed by atoms with Gasteiger partial charge in [-0.15, -0.1) is 0 Å². The molecule has 0 atom stereocenters. The molecule has 6 nitrogen and oxygen atoms in total. The molecule has 0 amide bonds. The van der Waals surface area contributed by atoms with Gasteiger partial charge in [0.05, 0.1) is 21.8 Å². The first kappa shape index (κ1) is 24.1. The molecule has 2 aromatic carbocycles. The van der Waals surface area contributed by atoms with E-state index in [1.165, 1.54) is 7.48 Å². The zero-order chi connectivity index (χ0) is 22.9. The molecule has 0 unspecified atom stereocenters. The van der Waals surface area contributed by atoms with Crippen LogP contribution in [0.2, 0.25) is 0 Å². The molecule has 0 fully saturated rings. The summed E-state index contributed by atoms with van der Waals surface area (Å²) >= 11 is 0. The molecular formula is C22H30BN2O4S. The van der Waals surface area contributed by atoms with Crippen LogP contribution >= 0.6 is 0 Å². The predicted molar refractivity (Wildman–Crippen MR) is 123 cm³/mol. The third-order valence-corrected chi connectivity index (χ3v) is 6.98. The van der Waals surface area contributed by atoms with Crippen LogP contribution in [0.3, 0.4) is 0 Å². The van der Waals surface area contributed by atoms with Crippen molar-refractivity contribution in [3.05, 3.63) is 52.6 Å². The number of nitrogens with one attached hydrogen (secondary N) is 2. The van der Waals surface area contributed by atoms with Gasteiger partial charge < -0.3 is 15.2 Å². The van der Waals surface area contributed by atoms with E-state index in [4.69, 9.17) is 10.1 Å². The SMILES string of the molecule is Cc1ccc(S(=O)(=O)Nc2cc(C)c(C)c([B]OC(C)(C)C(C)(C)O)c2C=N)cc1. The largest absolute Gasteiger partial charge is 0.427 e. The van der Waals surface area contributed by atoms with Gasteiger partial charge in [-0.2, -0.15) is 0 Å². The zero-order valence-electron chi connectivity index (χ0n) is 18.6. The van der Waals surface area contributed by atoms with E-state index in [0.29, 0.717) is 16.7 Å². The van der Waals surface area contributed by atoms with E-state index < -0.39 is 21.2 Å². The van der Waals surface area contributed by atoms with Crippen molar-refractivity contribution < 1.29 is 18.2 Å². The highest BCUT2D eigenvalue weighted by molar-refractivity contribution is 7.92. The van der Waals surface area contributed by atoms with E-state index in [-0.39, 0.29) is 4.90 Å². The maximum absolute atomic E-state index is 12.9. The average Bonchev–Trinajstić information content (AvgIpc) is 2.62. The quantitative estimate of drug-likeness (QED) is 0.443. The summed E-state index contributed by atoms with van der Waals surface area (Å²) in [7, 11) is -2.33. The predicted octanol–water partition coefficient (Wildman–Crippen LogP) is 3.22. The second-order valence-electron chi connectivity index (χ2n) is 8.56. The summed E-state index contributed by atoms with van der Waals surface area (Å²) in [5.41, 5.74) is 1.93. The van der Waals surface area contributed by atoms with Crippen molar-refractivity contribution >= 4 is 34.9 Å². The van der Waals surface area contributed by atoms with Crippen LogP contribution in [0, 0.1) is 26.2 Å². The molecule has 30 heavy (non-hydrogen) atoms. The van der Waals surface area contributed by atoms with E-state index in [9.17, 15) is 13.5 Å². The Morgan fingerprint density at radius 3 is 2.17 bits per heavy atom. The molecule has 161 valence electrons. The number of hydrogen-bond acceptors (Lipinski definition) is 5. The van der Waals surface area contributed by atoms with Crippen LogP contribution in [0.15, 0.2) is 35.2 Å². The van der Waals surface area contributed by atoms with E-state index >= 15 is 0 Å². The minimum atomic E-state index is -3.82. The van der Waals surface area contributed by atoms with Gasteiger partial charge in [-0.3, -0.25) is 4.72 Å². The van der Waals surface area contributed by atoms with Gasteiger partial charge in [-0.05, 0) is 77.7 Å². The first-order chi connectivity index (χ1) is 13.7. The molecule has 2 rings (SSSR count). The summed E-state index contributed by atoms with van der Waals surface area (Å²) < 4.78 is 34.2. The Morgan fingerprint density at radius 2 is 1.67 bits per heavy atom. The average molecular weight is 429 g/mol. The van der Waals surface area contributed by atoms with Gasteiger partial charge in [-0.25, -0.2) is 8.42 Å². The summed E-state index contributed by atoms with van der Waals surface area (Å²) in [5, 5.41) is 18.3. The first-order valence-electron chi connectivity index (χ1n) is 9.67. The number of aliphatic hydroxyl groups is 1. The molecule has 0 bridgehead atoms. The van der Waals surface area contributed by atoms with Crippen LogP contribution in [0.4, 0.5) is 5.69 Å². The Bertz CT molecular complexity index is 1040. The molecule has 0 saturated heterocycles. The van der Waals surface area contributed by atoms with Crippen molar-refractivity contribution in [1.82, 2.24) is 0 Å². The molecule has 0 heterocycles. The molecule has 3 N–H and O–H groups in total. The monoisotopic (exact) mass is 429 g/mol. The third kappa shape index (κ3) is 5.12. The molecule has 0 aliphatic rings. The fraction of sp³-hybridized carbons (Fsp3) is 0.409. The summed E-state index contributed by atoms with van der Waals surface area (Å²) in [6.07, 6.45) is 1.10. The van der Waals surface area contributed by atoms with Crippen LogP contribution in [0.25, 0.3) is 0 Å². The van der Waals surface area contributed by atoms with Gasteiger partial charge >= 0.3 is 7.48 Å². The van der Waals surface area contributed by atoms with Crippen molar-refractivity contribution in [3.8, 4) is 0 Å². The van der Waals surface area contributed by atoms with E-state index in [0.717, 1.165) is 22.9 Å². The Hall–Kier alpha value is -2.16. The molecule has 0 saturated carbocycles. The lowest BCUT2D eigenvalue weighted by atomic mass is 9.76. The minimum Gasteiger partial charge on any atom is -0.427 e. The first-order valence-corrected chi connectivity index (χ1v) is 11.2. The number of hydrogen-bond donors (Lipinski definition) is 3. The van der Waals surface area contributed by atoms with Crippen LogP contribution in [-0.4, -0.2) is 38.4 Å². The Morgan fingerprint density at radius 1 is 1.10 bits per heavy atom. The van der Waals surface area contributed by atoms with Crippen LogP contribution in [0.1, 0.15) is 49.9 Å². The highest BCUT2D eigenvalue weighted by Gasteiger charge is 2.36. The lowest BCUT2D eigenvalue weighted by Crippen LogP contribution is -2.49. The molecule has 0 aliphatic heterocycles. The standard InChI is InChI=1S/C22H30BN2O4S/c1-14-8-10-17(11-9-14)30(27,28)25-19-12-15(2)16(3)20(18(19)13-24)23-29-22(6,7)21(4,5)26/h8-13,24-26H,1-7H3. The Balaban J connectivity index is 2.47. The van der Waals surface area contributed by atoms with Gasteiger partial charge in [0.1, 0.15) is 0 Å². The van der Waals surface area contributed by atoms with Crippen LogP contribution < -0.4 is 10.2 Å². The second kappa shape index (κ2) is 8.53. The topological polar surface area (TPSA) is 99.5 Å². The molecule has 0 aromatic heterocycles. The fourth-order valence-electron chi connectivity index (χ4n) is 2.63. The summed E-state index contributed by atoms with van der Waals surface area (Å²) in [6, 6.07) is 8.27. The van der Waals surface area contributed by atoms with E-state index in [1.54, 1.807) is 58.0 Å². The summed E-state index contributed by atoms with van der Waals surface area (Å²) in [5.74, 6) is 0. The maximum Gasteiger partial charge on any atom is 0.331 e. The van der Waals surface area contributed by atoms with Crippen molar-refractivity contribution in [3.63, 3.8) is 0 Å². The van der Waals surface area contributed by atoms with Crippen molar-refractivity contribution in [2.45, 2.75) is 64.6 Å². The molecule has 0 spiro atoms. The fourth-order valence-corrected chi connectivity index (χ4v) is 3.70. The van der Waals surface area contributed by atoms with Gasteiger partial charge in [0.25, 0.3) is 10.0 Å². The molecular weight excluding hydrogens is 399 g/mol. The second-order valence-corrected chi connectivity index (χ2v) is 10.2. The molecule has 2 aromatic rings. The smallest absolute Gasteiger partial charge is 0.331 e. The van der Waals surface area contributed by atoms with Gasteiger partial charge in [0.15, 0.2) is 0 Å². The molecule has 0 aliphatic carbocycles. The van der Waals surface area contributed by atoms with Crippen LogP contribution in [0.5, 0.6) is 0 Å². The molecule has 8 heteroatoms. The summed E-state index contributed by atoms with van der Waals surface area (Å²) in [4.78, 5) is 0.146. The van der Waals surface area contributed by atoms with Crippen molar-refractivity contribution in [2.75, 3.05) is 4.72 Å². The van der Waals surface area contributed by atoms with Gasteiger partial charge in [-0.1, -0.05) is 23.3 Å². The lowest BCUT2D eigenvalue weighted by Gasteiger charge is -2.38. The third-order valence-electron chi connectivity index (χ3n) is 5.60. The number of benzene rings is 2. The minimum absolute atomic E-state index is 0.146. The Labute approximate surface area is 180 Å². The molecule has 1 radical (unpaired) electrons. The normalized spacial score (nSPS) is 12.5. The van der Waals surface area contributed by atoms with E-state index in [2.05, 4.69) is 4.72 Å². The van der Waals surface area contributed by atoms with E-state index in [1.807, 2.05) is 20.8 Å². The van der Waals surface area contributed by atoms with Gasteiger partial charge in [0.2, 0.25) is 0 Å². The number of aryl methyl sites for hydroxylation is 2. The zero-order valence-corrected chi connectivity index (χ0v) is 19.4. The summed E-state index contributed by atoms with van der Waals surface area (Å²) in [6.45, 7) is 12.5. The number of rotatable bonds is 8. The number of sulfonamides is 1. The Kier molecular flexibility index (Phi) is 6.86. The highest BCUT2D eigenvalue weighted by Crippen LogP contribution is 2.26. The number of anilines is 1. The van der Waals surface area contributed by atoms with Crippen molar-refractivity contribution in [1.29, 1.82) is 5.41 Å². The van der Waals surface area contributed by atoms with Crippen molar-refractivity contribution in [2.24, 2.45) is 0 Å².